The monoisotopic (exact) mass is 343 g/mol. The summed E-state index contributed by atoms with van der Waals surface area (Å²) in [7, 11) is 1.83. The molecule has 0 atom stereocenters. The molecule has 1 aromatic heterocycles. The highest BCUT2D eigenvalue weighted by molar-refractivity contribution is 6.31. The van der Waals surface area contributed by atoms with Gasteiger partial charge in [-0.15, -0.1) is 0 Å². The van der Waals surface area contributed by atoms with Crippen molar-refractivity contribution in [2.45, 2.75) is 38.0 Å². The quantitative estimate of drug-likeness (QED) is 0.902. The van der Waals surface area contributed by atoms with Crippen LogP contribution in [0.1, 0.15) is 35.4 Å². The Bertz CT molecular complexity index is 715. The van der Waals surface area contributed by atoms with E-state index in [2.05, 4.69) is 10.4 Å². The van der Waals surface area contributed by atoms with Gasteiger partial charge in [0.25, 0.3) is 0 Å². The third kappa shape index (κ3) is 3.10. The van der Waals surface area contributed by atoms with Crippen LogP contribution in [0, 0.1) is 6.92 Å². The summed E-state index contributed by atoms with van der Waals surface area (Å²) in [5.74, 6) is 0. The van der Waals surface area contributed by atoms with Gasteiger partial charge in [-0.3, -0.25) is 4.68 Å². The van der Waals surface area contributed by atoms with Crippen LogP contribution in [0.3, 0.4) is 0 Å². The third-order valence-corrected chi connectivity index (χ3v) is 4.86. The lowest BCUT2D eigenvalue weighted by Crippen LogP contribution is -2.29. The Balaban J connectivity index is 1.75. The molecule has 3 nitrogen and oxygen atoms in total. The highest BCUT2D eigenvalue weighted by atomic mass is 35.5. The van der Waals surface area contributed by atoms with E-state index < -0.39 is 11.7 Å². The number of hydrogen-bond donors (Lipinski definition) is 1. The molecule has 0 amide bonds. The zero-order valence-electron chi connectivity index (χ0n) is 12.8. The van der Waals surface area contributed by atoms with Gasteiger partial charge in [0.1, 0.15) is 0 Å². The van der Waals surface area contributed by atoms with Crippen LogP contribution in [0.4, 0.5) is 13.2 Å². The normalized spacial score (nSPS) is 16.6. The van der Waals surface area contributed by atoms with E-state index in [0.717, 1.165) is 41.9 Å². The van der Waals surface area contributed by atoms with Gasteiger partial charge < -0.3 is 5.32 Å². The molecule has 23 heavy (non-hydrogen) atoms. The predicted molar refractivity (Wildman–Crippen MR) is 82.2 cm³/mol. The van der Waals surface area contributed by atoms with Gasteiger partial charge in [-0.25, -0.2) is 0 Å². The Kier molecular flexibility index (Phi) is 3.92. The summed E-state index contributed by atoms with van der Waals surface area (Å²) < 4.78 is 39.7. The first-order valence-corrected chi connectivity index (χ1v) is 7.71. The van der Waals surface area contributed by atoms with E-state index in [0.29, 0.717) is 11.6 Å². The van der Waals surface area contributed by atoms with Crippen LogP contribution in [-0.4, -0.2) is 9.78 Å². The predicted octanol–water partition coefficient (Wildman–Crippen LogP) is 4.18. The van der Waals surface area contributed by atoms with Crippen molar-refractivity contribution in [3.63, 3.8) is 0 Å². The minimum Gasteiger partial charge on any atom is -0.302 e. The first-order chi connectivity index (χ1) is 10.7. The SMILES string of the molecule is Cc1nn(C)c(CNC2(c3ccc(C(F)(F)F)cc3)CC2)c1Cl. The second-order valence-electron chi connectivity index (χ2n) is 5.98. The first-order valence-electron chi connectivity index (χ1n) is 7.34. The molecule has 1 saturated carbocycles. The van der Waals surface area contributed by atoms with Gasteiger partial charge in [0.15, 0.2) is 0 Å². The summed E-state index contributed by atoms with van der Waals surface area (Å²) in [5.41, 5.74) is 1.64. The number of aryl methyl sites for hydroxylation is 2. The molecule has 0 bridgehead atoms. The van der Waals surface area contributed by atoms with Crippen LogP contribution in [-0.2, 0) is 25.3 Å². The summed E-state index contributed by atoms with van der Waals surface area (Å²) in [6, 6.07) is 5.38. The van der Waals surface area contributed by atoms with Crippen LogP contribution in [0.15, 0.2) is 24.3 Å². The van der Waals surface area contributed by atoms with Gasteiger partial charge >= 0.3 is 6.18 Å². The smallest absolute Gasteiger partial charge is 0.302 e. The molecule has 1 aromatic carbocycles. The van der Waals surface area contributed by atoms with Gasteiger partial charge in [-0.1, -0.05) is 23.7 Å². The van der Waals surface area contributed by atoms with Crippen LogP contribution in [0.25, 0.3) is 0 Å². The van der Waals surface area contributed by atoms with Crippen molar-refractivity contribution < 1.29 is 13.2 Å². The lowest BCUT2D eigenvalue weighted by atomic mass is 10.0. The van der Waals surface area contributed by atoms with E-state index in [9.17, 15) is 13.2 Å². The lowest BCUT2D eigenvalue weighted by molar-refractivity contribution is -0.137. The molecule has 0 spiro atoms. The van der Waals surface area contributed by atoms with E-state index >= 15 is 0 Å². The van der Waals surface area contributed by atoms with Gasteiger partial charge in [-0.05, 0) is 37.5 Å². The summed E-state index contributed by atoms with van der Waals surface area (Å²) in [6.07, 6.45) is -2.51. The summed E-state index contributed by atoms with van der Waals surface area (Å²) in [4.78, 5) is 0. The average molecular weight is 344 g/mol. The molecule has 1 aliphatic rings. The number of halogens is 4. The Labute approximate surface area is 137 Å². The van der Waals surface area contributed by atoms with Crippen molar-refractivity contribution in [3.8, 4) is 0 Å². The summed E-state index contributed by atoms with van der Waals surface area (Å²) in [6.45, 7) is 2.37. The Morgan fingerprint density at radius 2 is 1.87 bits per heavy atom. The van der Waals surface area contributed by atoms with Crippen molar-refractivity contribution in [3.05, 3.63) is 51.8 Å². The van der Waals surface area contributed by atoms with E-state index in [4.69, 9.17) is 11.6 Å². The second kappa shape index (κ2) is 5.53. The topological polar surface area (TPSA) is 29.9 Å². The maximum Gasteiger partial charge on any atom is 0.416 e. The molecule has 7 heteroatoms. The fourth-order valence-corrected chi connectivity index (χ4v) is 3.02. The molecule has 1 aliphatic carbocycles. The van der Waals surface area contributed by atoms with Crippen LogP contribution >= 0.6 is 11.6 Å². The number of benzene rings is 1. The molecule has 0 saturated heterocycles. The molecule has 1 N–H and O–H groups in total. The number of hydrogen-bond acceptors (Lipinski definition) is 2. The zero-order valence-corrected chi connectivity index (χ0v) is 13.6. The fourth-order valence-electron chi connectivity index (χ4n) is 2.80. The molecule has 124 valence electrons. The molecule has 2 aromatic rings. The number of nitrogens with one attached hydrogen (secondary N) is 1. The van der Waals surface area contributed by atoms with Gasteiger partial charge in [-0.2, -0.15) is 18.3 Å². The van der Waals surface area contributed by atoms with Crippen molar-refractivity contribution in [1.82, 2.24) is 15.1 Å². The van der Waals surface area contributed by atoms with E-state index in [1.54, 1.807) is 16.8 Å². The number of rotatable bonds is 4. The standard InChI is InChI=1S/C16H17ClF3N3/c1-10-14(17)13(23(2)22-10)9-21-15(7-8-15)11-3-5-12(6-4-11)16(18,19)20/h3-6,21H,7-9H2,1-2H3. The summed E-state index contributed by atoms with van der Waals surface area (Å²) >= 11 is 6.23. The lowest BCUT2D eigenvalue weighted by Gasteiger charge is -2.19. The molecule has 1 heterocycles. The maximum absolute atomic E-state index is 12.7. The van der Waals surface area contributed by atoms with Crippen molar-refractivity contribution in [1.29, 1.82) is 0 Å². The van der Waals surface area contributed by atoms with Crippen LogP contribution in [0.2, 0.25) is 5.02 Å². The summed E-state index contributed by atoms with van der Waals surface area (Å²) in [5, 5.41) is 8.32. The van der Waals surface area contributed by atoms with E-state index in [1.807, 2.05) is 14.0 Å². The number of aromatic nitrogens is 2. The average Bonchev–Trinajstić information content (AvgIpc) is 3.23. The van der Waals surface area contributed by atoms with Crippen LogP contribution in [0.5, 0.6) is 0 Å². The van der Waals surface area contributed by atoms with Crippen molar-refractivity contribution in [2.75, 3.05) is 0 Å². The molecular formula is C16H17ClF3N3. The molecule has 0 radical (unpaired) electrons. The molecule has 0 unspecified atom stereocenters. The highest BCUT2D eigenvalue weighted by Crippen LogP contribution is 2.46. The number of nitrogens with zero attached hydrogens (tertiary/aromatic N) is 2. The van der Waals surface area contributed by atoms with Gasteiger partial charge in [0.2, 0.25) is 0 Å². The second-order valence-corrected chi connectivity index (χ2v) is 6.36. The third-order valence-electron chi connectivity index (χ3n) is 4.37. The van der Waals surface area contributed by atoms with E-state index in [-0.39, 0.29) is 5.54 Å². The van der Waals surface area contributed by atoms with E-state index in [1.165, 1.54) is 0 Å². The minimum atomic E-state index is -4.30. The molecule has 0 aliphatic heterocycles. The first kappa shape index (κ1) is 16.3. The van der Waals surface area contributed by atoms with Gasteiger partial charge in [0, 0.05) is 19.1 Å². The maximum atomic E-state index is 12.7. The Morgan fingerprint density at radius 3 is 2.30 bits per heavy atom. The minimum absolute atomic E-state index is 0.258. The van der Waals surface area contributed by atoms with Crippen LogP contribution < -0.4 is 5.32 Å². The van der Waals surface area contributed by atoms with Crippen molar-refractivity contribution >= 4 is 11.6 Å². The van der Waals surface area contributed by atoms with Gasteiger partial charge in [0.05, 0.1) is 22.0 Å². The zero-order chi connectivity index (χ0) is 16.8. The van der Waals surface area contributed by atoms with Crippen molar-refractivity contribution in [2.24, 2.45) is 7.05 Å². The number of alkyl halides is 3. The molecule has 3 rings (SSSR count). The molecule has 1 fully saturated rings. The molecular weight excluding hydrogens is 327 g/mol. The fraction of sp³-hybridized carbons (Fsp3) is 0.438. The Hall–Kier alpha value is -1.53. The highest BCUT2D eigenvalue weighted by Gasteiger charge is 2.44. The largest absolute Gasteiger partial charge is 0.416 e. The Morgan fingerprint density at radius 1 is 1.26 bits per heavy atom.